The summed E-state index contributed by atoms with van der Waals surface area (Å²) in [6.45, 7) is 5.71. The number of sulfonamides is 1. The van der Waals surface area contributed by atoms with E-state index in [9.17, 15) is 22.8 Å². The molecule has 0 saturated heterocycles. The van der Waals surface area contributed by atoms with Gasteiger partial charge in [0.25, 0.3) is 5.56 Å². The molecular weight excluding hydrogens is 466 g/mol. The Morgan fingerprint density at radius 1 is 1.09 bits per heavy atom. The zero-order valence-electron chi connectivity index (χ0n) is 18.5. The molecule has 9 nitrogen and oxygen atoms in total. The number of nitrogens with zero attached hydrogens (tertiary/aromatic N) is 2. The van der Waals surface area contributed by atoms with Gasteiger partial charge in [-0.2, -0.15) is 4.31 Å². The minimum atomic E-state index is -3.76. The van der Waals surface area contributed by atoms with Crippen LogP contribution in [0.15, 0.2) is 52.3 Å². The van der Waals surface area contributed by atoms with Crippen molar-refractivity contribution in [2.75, 3.05) is 25.0 Å². The van der Waals surface area contributed by atoms with Crippen molar-refractivity contribution in [1.82, 2.24) is 8.87 Å². The number of hydrogen-bond acceptors (Lipinski definition) is 7. The first-order valence-electron chi connectivity index (χ1n) is 10.4. The van der Waals surface area contributed by atoms with Crippen molar-refractivity contribution >= 4 is 49.0 Å². The van der Waals surface area contributed by atoms with Gasteiger partial charge in [-0.15, -0.1) is 11.3 Å². The molecule has 0 aliphatic carbocycles. The van der Waals surface area contributed by atoms with Crippen LogP contribution in [0.1, 0.15) is 30.4 Å². The highest BCUT2D eigenvalue weighted by Gasteiger charge is 2.22. The highest BCUT2D eigenvalue weighted by molar-refractivity contribution is 7.89. The Hall–Kier alpha value is -3.02. The van der Waals surface area contributed by atoms with E-state index < -0.39 is 27.5 Å². The number of thiophene rings is 1. The van der Waals surface area contributed by atoms with Gasteiger partial charge in [0, 0.05) is 35.7 Å². The molecule has 2 heterocycles. The van der Waals surface area contributed by atoms with Gasteiger partial charge in [-0.1, -0.05) is 13.8 Å². The summed E-state index contributed by atoms with van der Waals surface area (Å²) in [5, 5.41) is 3.48. The van der Waals surface area contributed by atoms with Crippen LogP contribution in [-0.2, 0) is 26.1 Å². The fourth-order valence-corrected chi connectivity index (χ4v) is 5.69. The second-order valence-corrected chi connectivity index (χ2v) is 10.1. The first kappa shape index (κ1) is 24.6. The fourth-order valence-electron chi connectivity index (χ4n) is 3.28. The summed E-state index contributed by atoms with van der Waals surface area (Å²) in [5.41, 5.74) is -0.00307. The largest absolute Gasteiger partial charge is 0.462 e. The van der Waals surface area contributed by atoms with Crippen LogP contribution in [0.5, 0.6) is 0 Å². The molecule has 0 aliphatic heterocycles. The highest BCUT2D eigenvalue weighted by atomic mass is 32.2. The molecule has 0 atom stereocenters. The van der Waals surface area contributed by atoms with E-state index in [1.165, 1.54) is 27.9 Å². The zero-order valence-corrected chi connectivity index (χ0v) is 20.2. The quantitative estimate of drug-likeness (QED) is 0.460. The number of nitrogens with one attached hydrogen (secondary N) is 1. The average molecular weight is 492 g/mol. The molecule has 0 fully saturated rings. The highest BCUT2D eigenvalue weighted by Crippen LogP contribution is 2.28. The number of hydrogen-bond donors (Lipinski definition) is 1. The van der Waals surface area contributed by atoms with E-state index in [0.717, 1.165) is 20.7 Å². The number of ether oxygens (including phenoxy) is 1. The van der Waals surface area contributed by atoms with Gasteiger partial charge in [0.05, 0.1) is 11.5 Å². The Bertz CT molecular complexity index is 1340. The van der Waals surface area contributed by atoms with Crippen molar-refractivity contribution in [2.45, 2.75) is 32.2 Å². The monoisotopic (exact) mass is 491 g/mol. The number of anilines is 1. The van der Waals surface area contributed by atoms with Gasteiger partial charge in [-0.25, -0.2) is 13.2 Å². The van der Waals surface area contributed by atoms with Gasteiger partial charge in [-0.05, 0) is 42.6 Å². The minimum Gasteiger partial charge on any atom is -0.462 e. The van der Waals surface area contributed by atoms with Crippen LogP contribution in [0.4, 0.5) is 5.69 Å². The number of aromatic nitrogens is 1. The molecule has 3 aromatic rings. The van der Waals surface area contributed by atoms with Gasteiger partial charge < -0.3 is 14.6 Å². The number of fused-ring (bicyclic) bond motifs is 1. The number of carbonyl (C=O) groups is 2. The summed E-state index contributed by atoms with van der Waals surface area (Å²) >= 11 is 1.29. The smallest absolute Gasteiger partial charge is 0.348 e. The van der Waals surface area contributed by atoms with Crippen LogP contribution in [0, 0.1) is 0 Å². The Morgan fingerprint density at radius 3 is 2.48 bits per heavy atom. The van der Waals surface area contributed by atoms with E-state index >= 15 is 0 Å². The van der Waals surface area contributed by atoms with Crippen LogP contribution in [-0.4, -0.2) is 48.9 Å². The molecule has 0 spiro atoms. The molecule has 2 aromatic heterocycles. The Labute approximate surface area is 195 Å². The average Bonchev–Trinajstić information content (AvgIpc) is 3.19. The van der Waals surface area contributed by atoms with Crippen molar-refractivity contribution in [2.24, 2.45) is 0 Å². The molecule has 1 aromatic carbocycles. The normalized spacial score (nSPS) is 11.6. The van der Waals surface area contributed by atoms with E-state index in [1.54, 1.807) is 45.0 Å². The lowest BCUT2D eigenvalue weighted by atomic mass is 10.2. The van der Waals surface area contributed by atoms with Gasteiger partial charge in [-0.3, -0.25) is 9.59 Å². The maximum absolute atomic E-state index is 12.7. The van der Waals surface area contributed by atoms with Crippen LogP contribution in [0.2, 0.25) is 0 Å². The van der Waals surface area contributed by atoms with Crippen molar-refractivity contribution in [1.29, 1.82) is 0 Å². The summed E-state index contributed by atoms with van der Waals surface area (Å²) in [6, 6.07) is 9.27. The number of benzene rings is 1. The molecule has 0 bridgehead atoms. The number of rotatable bonds is 9. The van der Waals surface area contributed by atoms with Crippen molar-refractivity contribution in [3.05, 3.63) is 57.8 Å². The van der Waals surface area contributed by atoms with Gasteiger partial charge in [0.2, 0.25) is 15.9 Å². The number of pyridine rings is 1. The lowest BCUT2D eigenvalue weighted by Crippen LogP contribution is -2.33. The molecular formula is C22H25N3O6S2. The standard InChI is InChI=1S/C22H25N3O6S2/c1-4-25(5-2)33(29,30)17-8-10-21(27)24(13-17)14-20(26)23-16-7-9-18-15(11-16)12-19(32-18)22(28)31-6-3/h7-13H,4-6,14H2,1-3H3,(H,23,26). The van der Waals surface area contributed by atoms with E-state index in [4.69, 9.17) is 4.74 Å². The van der Waals surface area contributed by atoms with E-state index in [-0.39, 0.29) is 18.0 Å². The molecule has 3 rings (SSSR count). The summed E-state index contributed by atoms with van der Waals surface area (Å²) in [7, 11) is -3.76. The zero-order chi connectivity index (χ0) is 24.2. The van der Waals surface area contributed by atoms with Crippen LogP contribution >= 0.6 is 11.3 Å². The van der Waals surface area contributed by atoms with Gasteiger partial charge in [0.15, 0.2) is 0 Å². The number of amides is 1. The van der Waals surface area contributed by atoms with Crippen molar-refractivity contribution in [3.63, 3.8) is 0 Å². The maximum Gasteiger partial charge on any atom is 0.348 e. The first-order chi connectivity index (χ1) is 15.7. The first-order valence-corrected chi connectivity index (χ1v) is 12.7. The number of esters is 1. The SMILES string of the molecule is CCOC(=O)c1cc2cc(NC(=O)Cn3cc(S(=O)(=O)N(CC)CC)ccc3=O)ccc2s1. The second kappa shape index (κ2) is 10.3. The molecule has 0 unspecified atom stereocenters. The Kier molecular flexibility index (Phi) is 7.67. The molecule has 176 valence electrons. The van der Waals surface area contributed by atoms with Gasteiger partial charge >= 0.3 is 5.97 Å². The summed E-state index contributed by atoms with van der Waals surface area (Å²) in [5.74, 6) is -0.891. The summed E-state index contributed by atoms with van der Waals surface area (Å²) < 4.78 is 33.7. The molecule has 1 N–H and O–H groups in total. The Balaban J connectivity index is 1.79. The molecule has 33 heavy (non-hydrogen) atoms. The van der Waals surface area contributed by atoms with Gasteiger partial charge in [0.1, 0.15) is 11.4 Å². The molecule has 0 radical (unpaired) electrons. The molecule has 0 aliphatic rings. The molecule has 11 heteroatoms. The summed E-state index contributed by atoms with van der Waals surface area (Å²) in [6.07, 6.45) is 1.18. The predicted molar refractivity (Wildman–Crippen MR) is 127 cm³/mol. The van der Waals surface area contributed by atoms with E-state index in [2.05, 4.69) is 5.32 Å². The predicted octanol–water partition coefficient (Wildman–Crippen LogP) is 2.91. The lowest BCUT2D eigenvalue weighted by molar-refractivity contribution is -0.116. The van der Waals surface area contributed by atoms with Crippen molar-refractivity contribution < 1.29 is 22.7 Å². The molecule has 0 saturated carbocycles. The van der Waals surface area contributed by atoms with Crippen molar-refractivity contribution in [3.8, 4) is 0 Å². The number of carbonyl (C=O) groups excluding carboxylic acids is 2. The third kappa shape index (κ3) is 5.49. The van der Waals surface area contributed by atoms with E-state index in [1.807, 2.05) is 0 Å². The maximum atomic E-state index is 12.7. The minimum absolute atomic E-state index is 0.0511. The Morgan fingerprint density at radius 2 is 1.82 bits per heavy atom. The third-order valence-electron chi connectivity index (χ3n) is 4.89. The fraction of sp³-hybridized carbons (Fsp3) is 0.318. The summed E-state index contributed by atoms with van der Waals surface area (Å²) in [4.78, 5) is 37.1. The lowest BCUT2D eigenvalue weighted by Gasteiger charge is -2.19. The third-order valence-corrected chi connectivity index (χ3v) is 8.02. The van der Waals surface area contributed by atoms with Crippen LogP contribution < -0.4 is 10.9 Å². The van der Waals surface area contributed by atoms with Crippen LogP contribution in [0.3, 0.4) is 0 Å². The van der Waals surface area contributed by atoms with Crippen LogP contribution in [0.25, 0.3) is 10.1 Å². The second-order valence-electron chi connectivity index (χ2n) is 7.05. The van der Waals surface area contributed by atoms with E-state index in [0.29, 0.717) is 23.7 Å². The molecule has 1 amide bonds. The topological polar surface area (TPSA) is 115 Å².